The second kappa shape index (κ2) is 8.28. The summed E-state index contributed by atoms with van der Waals surface area (Å²) in [5, 5.41) is 6.03. The van der Waals surface area contributed by atoms with Gasteiger partial charge in [-0.25, -0.2) is 0 Å². The normalized spacial score (nSPS) is 22.2. The topological polar surface area (TPSA) is 58.2 Å². The number of amides is 1. The molecule has 1 aliphatic heterocycles. The molecule has 0 aromatic rings. The first-order valence-corrected chi connectivity index (χ1v) is 6.28. The number of carbonyl (C=O) groups excluding carboxylic acids is 2. The second-order valence-corrected chi connectivity index (χ2v) is 4.33. The summed E-state index contributed by atoms with van der Waals surface area (Å²) in [5.41, 5.74) is 0. The summed E-state index contributed by atoms with van der Waals surface area (Å²) in [4.78, 5) is 22.7. The smallest absolute Gasteiger partial charge is 0.219 e. The van der Waals surface area contributed by atoms with Gasteiger partial charge in [-0.1, -0.05) is 6.42 Å². The van der Waals surface area contributed by atoms with E-state index in [0.717, 1.165) is 45.2 Å². The molecule has 0 unspecified atom stereocenters. The van der Waals surface area contributed by atoms with E-state index in [4.69, 9.17) is 0 Å². The molecule has 1 heterocycles. The lowest BCUT2D eigenvalue weighted by atomic mass is 10.1. The minimum absolute atomic E-state index is 0.160. The number of nitrogens with one attached hydrogen (secondary N) is 2. The van der Waals surface area contributed by atoms with Crippen LogP contribution in [-0.2, 0) is 9.59 Å². The van der Waals surface area contributed by atoms with Crippen LogP contribution in [0.15, 0.2) is 0 Å². The summed E-state index contributed by atoms with van der Waals surface area (Å²) in [5.74, 6) is 0.467. The molecule has 92 valence electrons. The number of hydrogen-bond donors (Lipinski definition) is 2. The van der Waals surface area contributed by atoms with E-state index in [-0.39, 0.29) is 5.91 Å². The fourth-order valence-electron chi connectivity index (χ4n) is 1.79. The van der Waals surface area contributed by atoms with Crippen LogP contribution >= 0.6 is 0 Å². The predicted molar refractivity (Wildman–Crippen MR) is 63.2 cm³/mol. The van der Waals surface area contributed by atoms with Crippen molar-refractivity contribution in [2.75, 3.05) is 19.6 Å². The third-order valence-corrected chi connectivity index (χ3v) is 2.78. The van der Waals surface area contributed by atoms with Crippen molar-refractivity contribution < 1.29 is 9.59 Å². The molecule has 0 aromatic heterocycles. The molecule has 0 saturated carbocycles. The van der Waals surface area contributed by atoms with Gasteiger partial charge in [0.2, 0.25) is 5.91 Å². The van der Waals surface area contributed by atoms with Crippen LogP contribution in [-0.4, -0.2) is 31.3 Å². The third kappa shape index (κ3) is 6.56. The number of rotatable bonds is 0. The molecule has 1 rings (SSSR count). The van der Waals surface area contributed by atoms with E-state index in [1.807, 2.05) is 0 Å². The summed E-state index contributed by atoms with van der Waals surface area (Å²) in [6, 6.07) is 0. The Morgan fingerprint density at radius 3 is 2.44 bits per heavy atom. The van der Waals surface area contributed by atoms with E-state index in [2.05, 4.69) is 10.6 Å². The lowest BCUT2D eigenvalue weighted by Crippen LogP contribution is -2.26. The first kappa shape index (κ1) is 13.2. The number of ketones is 1. The zero-order valence-electron chi connectivity index (χ0n) is 9.89. The highest BCUT2D eigenvalue weighted by atomic mass is 16.1. The van der Waals surface area contributed by atoms with Crippen molar-refractivity contribution in [3.05, 3.63) is 0 Å². The molecule has 0 spiro atoms. The monoisotopic (exact) mass is 226 g/mol. The molecule has 1 aliphatic rings. The highest BCUT2D eigenvalue weighted by Crippen LogP contribution is 2.01. The van der Waals surface area contributed by atoms with Crippen LogP contribution in [0.2, 0.25) is 0 Å². The fraction of sp³-hybridized carbons (Fsp3) is 0.833. The molecule has 0 bridgehead atoms. The van der Waals surface area contributed by atoms with Crippen LogP contribution in [0.3, 0.4) is 0 Å². The minimum atomic E-state index is 0.160. The van der Waals surface area contributed by atoms with Gasteiger partial charge in [0.15, 0.2) is 0 Å². The summed E-state index contributed by atoms with van der Waals surface area (Å²) >= 11 is 0. The number of carbonyl (C=O) groups is 2. The van der Waals surface area contributed by atoms with Crippen molar-refractivity contribution in [2.24, 2.45) is 0 Å². The molecule has 16 heavy (non-hydrogen) atoms. The molecular formula is C12H22N2O2. The van der Waals surface area contributed by atoms with E-state index < -0.39 is 0 Å². The van der Waals surface area contributed by atoms with Gasteiger partial charge in [-0.3, -0.25) is 9.59 Å². The Kier molecular flexibility index (Phi) is 6.81. The fourth-order valence-corrected chi connectivity index (χ4v) is 1.79. The van der Waals surface area contributed by atoms with E-state index in [0.29, 0.717) is 25.2 Å². The van der Waals surface area contributed by atoms with Crippen molar-refractivity contribution in [1.82, 2.24) is 10.6 Å². The predicted octanol–water partition coefficient (Wildman–Crippen LogP) is 1.01. The van der Waals surface area contributed by atoms with Gasteiger partial charge >= 0.3 is 0 Å². The van der Waals surface area contributed by atoms with Crippen molar-refractivity contribution in [1.29, 1.82) is 0 Å². The van der Waals surface area contributed by atoms with Gasteiger partial charge in [-0.2, -0.15) is 0 Å². The van der Waals surface area contributed by atoms with Crippen molar-refractivity contribution in [3.63, 3.8) is 0 Å². The van der Waals surface area contributed by atoms with Gasteiger partial charge in [0.1, 0.15) is 5.78 Å². The largest absolute Gasteiger partial charge is 0.356 e. The van der Waals surface area contributed by atoms with Crippen molar-refractivity contribution in [2.45, 2.75) is 44.9 Å². The Morgan fingerprint density at radius 2 is 1.56 bits per heavy atom. The lowest BCUT2D eigenvalue weighted by molar-refractivity contribution is -0.121. The maximum Gasteiger partial charge on any atom is 0.219 e. The molecule has 1 fully saturated rings. The standard InChI is InChI=1S/C12H22N2O2/c15-11-6-2-1-4-9-14-12(16)7-3-5-8-13-10-11/h13H,1-10H2,(H,14,16). The van der Waals surface area contributed by atoms with E-state index in [9.17, 15) is 9.59 Å². The Balaban J connectivity index is 2.23. The Morgan fingerprint density at radius 1 is 0.812 bits per heavy atom. The molecule has 0 atom stereocenters. The molecule has 1 amide bonds. The third-order valence-electron chi connectivity index (χ3n) is 2.78. The first-order chi connectivity index (χ1) is 7.79. The highest BCUT2D eigenvalue weighted by molar-refractivity contribution is 5.80. The summed E-state index contributed by atoms with van der Waals surface area (Å²) in [6.45, 7) is 2.08. The highest BCUT2D eigenvalue weighted by Gasteiger charge is 2.04. The quantitative estimate of drug-likeness (QED) is 0.648. The maximum absolute atomic E-state index is 11.4. The maximum atomic E-state index is 11.4. The Labute approximate surface area is 97.2 Å². The molecule has 0 radical (unpaired) electrons. The van der Waals surface area contributed by atoms with Gasteiger partial charge in [0, 0.05) is 19.4 Å². The van der Waals surface area contributed by atoms with Gasteiger partial charge < -0.3 is 10.6 Å². The van der Waals surface area contributed by atoms with Gasteiger partial charge in [0.25, 0.3) is 0 Å². The Hall–Kier alpha value is -0.900. The first-order valence-electron chi connectivity index (χ1n) is 6.28. The molecule has 0 aliphatic carbocycles. The van der Waals surface area contributed by atoms with Crippen LogP contribution in [0.25, 0.3) is 0 Å². The van der Waals surface area contributed by atoms with Crippen LogP contribution in [0.5, 0.6) is 0 Å². The molecule has 1 saturated heterocycles. The van der Waals surface area contributed by atoms with Gasteiger partial charge in [-0.05, 0) is 32.2 Å². The van der Waals surface area contributed by atoms with Crippen LogP contribution < -0.4 is 10.6 Å². The zero-order chi connectivity index (χ0) is 11.6. The number of hydrogen-bond acceptors (Lipinski definition) is 3. The molecule has 0 aromatic carbocycles. The van der Waals surface area contributed by atoms with Crippen LogP contribution in [0.1, 0.15) is 44.9 Å². The van der Waals surface area contributed by atoms with Gasteiger partial charge in [-0.15, -0.1) is 0 Å². The van der Waals surface area contributed by atoms with E-state index in [1.165, 1.54) is 0 Å². The van der Waals surface area contributed by atoms with Crippen molar-refractivity contribution in [3.8, 4) is 0 Å². The summed E-state index contributed by atoms with van der Waals surface area (Å²) < 4.78 is 0. The van der Waals surface area contributed by atoms with E-state index >= 15 is 0 Å². The summed E-state index contributed by atoms with van der Waals surface area (Å²) in [7, 11) is 0. The molecular weight excluding hydrogens is 204 g/mol. The zero-order valence-corrected chi connectivity index (χ0v) is 9.89. The average Bonchev–Trinajstić information content (AvgIpc) is 2.27. The lowest BCUT2D eigenvalue weighted by Gasteiger charge is -2.08. The van der Waals surface area contributed by atoms with Crippen molar-refractivity contribution >= 4 is 11.7 Å². The summed E-state index contributed by atoms with van der Waals surface area (Å²) in [6.07, 6.45) is 6.07. The van der Waals surface area contributed by atoms with Gasteiger partial charge in [0.05, 0.1) is 6.54 Å². The second-order valence-electron chi connectivity index (χ2n) is 4.33. The van der Waals surface area contributed by atoms with Crippen LogP contribution in [0, 0.1) is 0 Å². The number of Topliss-reactive ketones (excluding diaryl/α,β-unsaturated/α-hetero) is 1. The van der Waals surface area contributed by atoms with Crippen LogP contribution in [0.4, 0.5) is 0 Å². The van der Waals surface area contributed by atoms with E-state index in [1.54, 1.807) is 0 Å². The molecule has 4 heteroatoms. The minimum Gasteiger partial charge on any atom is -0.356 e. The Bertz CT molecular complexity index is 185. The molecule has 2 N–H and O–H groups in total. The SMILES string of the molecule is O=C1CCCCCNC(=O)CCCCNC1. The molecule has 4 nitrogen and oxygen atoms in total. The average molecular weight is 226 g/mol.